The molecule has 6 nitrogen and oxygen atoms in total. The number of carboxylic acids is 2. The molecule has 6 heteroatoms. The van der Waals surface area contributed by atoms with E-state index in [2.05, 4.69) is 100 Å². The molecule has 0 aromatic heterocycles. The van der Waals surface area contributed by atoms with Gasteiger partial charge in [-0.1, -0.05) is 144 Å². The molecule has 0 radical (unpaired) electrons. The molecule has 0 saturated heterocycles. The maximum atomic E-state index is 12.0. The van der Waals surface area contributed by atoms with E-state index in [4.69, 9.17) is 0 Å². The lowest BCUT2D eigenvalue weighted by molar-refractivity contribution is -0.150. The number of nitrogens with zero attached hydrogens (tertiary/aromatic N) is 2. The molecule has 0 amide bonds. The number of carbonyl (C=O) groups is 2. The first-order valence-corrected chi connectivity index (χ1v) is 19.2. The Morgan fingerprint density at radius 3 is 1.25 bits per heavy atom. The van der Waals surface area contributed by atoms with E-state index in [9.17, 15) is 30.3 Å². The van der Waals surface area contributed by atoms with Gasteiger partial charge in [0, 0.05) is 11.8 Å². The van der Waals surface area contributed by atoms with Crippen LogP contribution in [-0.4, -0.2) is 22.2 Å². The van der Waals surface area contributed by atoms with Crippen molar-refractivity contribution in [3.63, 3.8) is 0 Å². The lowest BCUT2D eigenvalue weighted by atomic mass is 9.60. The van der Waals surface area contributed by atoms with Gasteiger partial charge in [-0.05, 0) is 94.9 Å². The Hall–Kier alpha value is -5.20. The van der Waals surface area contributed by atoms with Crippen LogP contribution in [0.4, 0.5) is 0 Å². The van der Waals surface area contributed by atoms with Crippen LogP contribution in [0.3, 0.4) is 0 Å². The highest BCUT2D eigenvalue weighted by Gasteiger charge is 2.52. The fourth-order valence-electron chi connectivity index (χ4n) is 8.93. The SMILES string of the molecule is CCCc1ccc(-c2ccc(C3C(C)CCCC3(C#N)C(=O)O)cc2)cc1.CCc1ccc(-c2ccc(C3C(C)CCCC3(C#N)C(=O)O)cc2)cc1. The Morgan fingerprint density at radius 2 is 0.943 bits per heavy atom. The Bertz CT molecular complexity index is 1940. The maximum absolute atomic E-state index is 12.0. The van der Waals surface area contributed by atoms with E-state index in [1.165, 1.54) is 11.1 Å². The van der Waals surface area contributed by atoms with Gasteiger partial charge in [-0.2, -0.15) is 10.5 Å². The minimum Gasteiger partial charge on any atom is -0.480 e. The third-order valence-electron chi connectivity index (χ3n) is 11.9. The highest BCUT2D eigenvalue weighted by molar-refractivity contribution is 5.81. The molecule has 53 heavy (non-hydrogen) atoms. The molecule has 0 bridgehead atoms. The monoisotopic (exact) mass is 708 g/mol. The van der Waals surface area contributed by atoms with Gasteiger partial charge >= 0.3 is 11.9 Å². The molecule has 6 rings (SSSR count). The number of hydrogen-bond acceptors (Lipinski definition) is 4. The highest BCUT2D eigenvalue weighted by atomic mass is 16.4. The predicted octanol–water partition coefficient (Wildman–Crippen LogP) is 11.2. The molecule has 0 aliphatic heterocycles. The van der Waals surface area contributed by atoms with Crippen LogP contribution >= 0.6 is 0 Å². The lowest BCUT2D eigenvalue weighted by Gasteiger charge is -2.40. The van der Waals surface area contributed by atoms with Gasteiger partial charge in [0.2, 0.25) is 0 Å². The largest absolute Gasteiger partial charge is 0.480 e. The van der Waals surface area contributed by atoms with Crippen LogP contribution in [0.5, 0.6) is 0 Å². The number of benzene rings is 4. The second-order valence-electron chi connectivity index (χ2n) is 15.2. The van der Waals surface area contributed by atoms with Gasteiger partial charge in [0.1, 0.15) is 0 Å². The van der Waals surface area contributed by atoms with Gasteiger partial charge in [-0.3, -0.25) is 9.59 Å². The highest BCUT2D eigenvalue weighted by Crippen LogP contribution is 2.51. The summed E-state index contributed by atoms with van der Waals surface area (Å²) in [4.78, 5) is 24.0. The van der Waals surface area contributed by atoms with Crippen molar-refractivity contribution in [2.45, 2.75) is 97.3 Å². The van der Waals surface area contributed by atoms with Crippen LogP contribution in [0, 0.1) is 45.3 Å². The average molecular weight is 709 g/mol. The first-order valence-electron chi connectivity index (χ1n) is 19.2. The van der Waals surface area contributed by atoms with Crippen molar-refractivity contribution < 1.29 is 19.8 Å². The predicted molar refractivity (Wildman–Crippen MR) is 210 cm³/mol. The van der Waals surface area contributed by atoms with Crippen LogP contribution in [0.25, 0.3) is 22.3 Å². The summed E-state index contributed by atoms with van der Waals surface area (Å²) in [5, 5.41) is 39.1. The molecule has 0 spiro atoms. The normalized spacial score (nSPS) is 25.2. The van der Waals surface area contributed by atoms with Crippen molar-refractivity contribution in [2.24, 2.45) is 22.7 Å². The molecule has 4 aromatic rings. The minimum atomic E-state index is -1.32. The van der Waals surface area contributed by atoms with Crippen LogP contribution in [0.2, 0.25) is 0 Å². The summed E-state index contributed by atoms with van der Waals surface area (Å²) in [5.41, 5.74) is 6.45. The van der Waals surface area contributed by atoms with Gasteiger partial charge < -0.3 is 10.2 Å². The van der Waals surface area contributed by atoms with Crippen LogP contribution in [-0.2, 0) is 22.4 Å². The molecule has 274 valence electrons. The van der Waals surface area contributed by atoms with Gasteiger partial charge in [-0.15, -0.1) is 0 Å². The van der Waals surface area contributed by atoms with Crippen LogP contribution in [0.15, 0.2) is 97.1 Å². The Balaban J connectivity index is 0.000000204. The molecule has 2 fully saturated rings. The number of rotatable bonds is 9. The summed E-state index contributed by atoms with van der Waals surface area (Å²) in [7, 11) is 0. The van der Waals surface area contributed by atoms with E-state index >= 15 is 0 Å². The zero-order chi connectivity index (χ0) is 38.2. The van der Waals surface area contributed by atoms with Crippen molar-refractivity contribution in [2.75, 3.05) is 0 Å². The zero-order valence-corrected chi connectivity index (χ0v) is 31.5. The van der Waals surface area contributed by atoms with Crippen molar-refractivity contribution in [3.8, 4) is 34.4 Å². The third kappa shape index (κ3) is 8.08. The minimum absolute atomic E-state index is 0.175. The number of aryl methyl sites for hydroxylation is 2. The number of hydrogen-bond donors (Lipinski definition) is 2. The average Bonchev–Trinajstić information content (AvgIpc) is 3.18. The van der Waals surface area contributed by atoms with E-state index in [-0.39, 0.29) is 23.7 Å². The summed E-state index contributed by atoms with van der Waals surface area (Å²) in [5.74, 6) is -2.17. The second-order valence-corrected chi connectivity index (χ2v) is 15.2. The number of carboxylic acid groups (broad SMARTS) is 2. The van der Waals surface area contributed by atoms with Gasteiger partial charge in [0.25, 0.3) is 0 Å². The van der Waals surface area contributed by atoms with Crippen molar-refractivity contribution >= 4 is 11.9 Å². The Morgan fingerprint density at radius 1 is 0.604 bits per heavy atom. The molecule has 2 aliphatic rings. The number of nitriles is 2. The smallest absolute Gasteiger partial charge is 0.324 e. The molecule has 2 aliphatic carbocycles. The van der Waals surface area contributed by atoms with E-state index in [0.29, 0.717) is 12.8 Å². The first-order chi connectivity index (χ1) is 25.5. The first kappa shape index (κ1) is 39.0. The second kappa shape index (κ2) is 17.1. The molecular formula is C47H52N2O4. The standard InChI is InChI=1S/C24H27NO2.C23H25NO2/c1-3-5-18-7-9-19(10-8-18)20-11-13-21(14-12-20)22-17(2)6-4-15-24(22,16-25)23(26)27;1-3-17-6-8-18(9-7-17)19-10-12-20(13-11-19)21-16(2)5-4-14-23(21,15-24)22(25)26/h7-14,17,22H,3-6,15H2,1-2H3,(H,26,27);6-13,16,21H,3-5,14H2,1-2H3,(H,25,26). The molecule has 4 aromatic carbocycles. The van der Waals surface area contributed by atoms with Gasteiger partial charge in [-0.25, -0.2) is 0 Å². The lowest BCUT2D eigenvalue weighted by Crippen LogP contribution is -2.42. The topological polar surface area (TPSA) is 122 Å². The van der Waals surface area contributed by atoms with E-state index in [1.807, 2.05) is 36.4 Å². The summed E-state index contributed by atoms with van der Waals surface area (Å²) in [6, 6.07) is 37.7. The molecule has 6 unspecified atom stereocenters. The van der Waals surface area contributed by atoms with Gasteiger partial charge in [0.05, 0.1) is 12.1 Å². The van der Waals surface area contributed by atoms with E-state index in [1.54, 1.807) is 0 Å². The van der Waals surface area contributed by atoms with Crippen molar-refractivity contribution in [1.29, 1.82) is 10.5 Å². The molecule has 2 saturated carbocycles. The van der Waals surface area contributed by atoms with Crippen molar-refractivity contribution in [1.82, 2.24) is 0 Å². The van der Waals surface area contributed by atoms with Crippen LogP contribution in [0.1, 0.15) is 107 Å². The van der Waals surface area contributed by atoms with E-state index < -0.39 is 22.8 Å². The van der Waals surface area contributed by atoms with E-state index in [0.717, 1.165) is 78.3 Å². The fraction of sp³-hybridized carbons (Fsp3) is 0.404. The zero-order valence-electron chi connectivity index (χ0n) is 31.5. The number of aliphatic carboxylic acids is 2. The quantitative estimate of drug-likeness (QED) is 0.178. The summed E-state index contributed by atoms with van der Waals surface area (Å²) in [6.07, 6.45) is 7.59. The molecule has 0 heterocycles. The Kier molecular flexibility index (Phi) is 12.6. The fourth-order valence-corrected chi connectivity index (χ4v) is 8.93. The van der Waals surface area contributed by atoms with Crippen LogP contribution < -0.4 is 0 Å². The molecule has 6 atom stereocenters. The molecular weight excluding hydrogens is 657 g/mol. The third-order valence-corrected chi connectivity index (χ3v) is 11.9. The van der Waals surface area contributed by atoms with Gasteiger partial charge in [0.15, 0.2) is 10.8 Å². The summed E-state index contributed by atoms with van der Waals surface area (Å²) >= 11 is 0. The van der Waals surface area contributed by atoms with Crippen molar-refractivity contribution in [3.05, 3.63) is 119 Å². The summed E-state index contributed by atoms with van der Waals surface area (Å²) in [6.45, 7) is 8.45. The summed E-state index contributed by atoms with van der Waals surface area (Å²) < 4.78 is 0. The Labute approximate surface area is 315 Å². The maximum Gasteiger partial charge on any atom is 0.324 e. The molecule has 2 N–H and O–H groups in total.